The average Bonchev–Trinajstić information content (AvgIpc) is 2.01. The zero-order chi connectivity index (χ0) is 9.61. The Hall–Kier alpha value is -0.970. The van der Waals surface area contributed by atoms with Crippen molar-refractivity contribution in [1.82, 2.24) is 0 Å². The highest BCUT2D eigenvalue weighted by atomic mass is 16.4. The fourth-order valence-corrected chi connectivity index (χ4v) is 1.11. The third-order valence-corrected chi connectivity index (χ3v) is 1.97. The minimum Gasteiger partial charge on any atom is -0.481 e. The number of carbonyl (C=O) groups is 1. The number of hydrogen-bond donors (Lipinski definition) is 1. The van der Waals surface area contributed by atoms with E-state index in [1.165, 1.54) is 0 Å². The Labute approximate surface area is 74.0 Å². The monoisotopic (exact) mass is 168 g/mol. The van der Waals surface area contributed by atoms with Gasteiger partial charge in [-0.25, -0.2) is 0 Å². The highest BCUT2D eigenvalue weighted by Gasteiger charge is 2.30. The van der Waals surface area contributed by atoms with E-state index in [9.17, 15) is 4.79 Å². The lowest BCUT2D eigenvalue weighted by Gasteiger charge is -2.20. The van der Waals surface area contributed by atoms with Gasteiger partial charge in [0, 0.05) is 6.42 Å². The quantitative estimate of drug-likeness (QED) is 0.654. The van der Waals surface area contributed by atoms with Crippen LogP contribution in [0.2, 0.25) is 0 Å². The van der Waals surface area contributed by atoms with Crippen LogP contribution in [0.5, 0.6) is 0 Å². The third-order valence-electron chi connectivity index (χ3n) is 1.97. The van der Waals surface area contributed by atoms with Crippen molar-refractivity contribution in [2.24, 2.45) is 5.41 Å². The summed E-state index contributed by atoms with van der Waals surface area (Å²) in [7, 11) is 0. The summed E-state index contributed by atoms with van der Waals surface area (Å²) in [5, 5.41) is 8.92. The van der Waals surface area contributed by atoms with E-state index in [0.717, 1.165) is 6.42 Å². The third kappa shape index (κ3) is 2.96. The number of rotatable bonds is 4. The maximum absolute atomic E-state index is 10.8. The molecule has 0 saturated heterocycles. The second-order valence-electron chi connectivity index (χ2n) is 3.22. The molecule has 0 rings (SSSR count). The molecule has 68 valence electrons. The molecular weight excluding hydrogens is 152 g/mol. The first-order valence-electron chi connectivity index (χ1n) is 4.20. The molecule has 0 saturated carbocycles. The molecule has 0 aliphatic carbocycles. The average molecular weight is 168 g/mol. The van der Waals surface area contributed by atoms with E-state index < -0.39 is 11.4 Å². The van der Waals surface area contributed by atoms with Gasteiger partial charge in [0.1, 0.15) is 0 Å². The number of carboxylic acids is 1. The minimum absolute atomic E-state index is 0.451. The lowest BCUT2D eigenvalue weighted by atomic mass is 9.83. The molecule has 0 fully saturated rings. The fourth-order valence-electron chi connectivity index (χ4n) is 1.11. The summed E-state index contributed by atoms with van der Waals surface area (Å²) in [4.78, 5) is 10.8. The molecule has 0 aromatic carbocycles. The van der Waals surface area contributed by atoms with E-state index in [0.29, 0.717) is 12.8 Å². The van der Waals surface area contributed by atoms with Crippen LogP contribution in [0.4, 0.5) is 0 Å². The molecule has 0 bridgehead atoms. The van der Waals surface area contributed by atoms with Crippen LogP contribution in [0.25, 0.3) is 0 Å². The first-order chi connectivity index (χ1) is 5.56. The highest BCUT2D eigenvalue weighted by Crippen LogP contribution is 2.27. The molecule has 0 radical (unpaired) electrons. The molecule has 0 heterocycles. The first kappa shape index (κ1) is 11.0. The van der Waals surface area contributed by atoms with Gasteiger partial charge in [0.2, 0.25) is 0 Å². The minimum atomic E-state index is -0.743. The van der Waals surface area contributed by atoms with E-state index in [1.54, 1.807) is 13.8 Å². The van der Waals surface area contributed by atoms with Crippen molar-refractivity contribution < 1.29 is 9.90 Å². The summed E-state index contributed by atoms with van der Waals surface area (Å²) in [6, 6.07) is 0. The molecule has 1 atom stereocenters. The molecule has 0 aromatic rings. The van der Waals surface area contributed by atoms with Gasteiger partial charge in [0.25, 0.3) is 0 Å². The summed E-state index contributed by atoms with van der Waals surface area (Å²) in [5.74, 6) is 4.80. The van der Waals surface area contributed by atoms with Gasteiger partial charge in [0.05, 0.1) is 5.41 Å². The fraction of sp³-hybridized carbons (Fsp3) is 0.700. The molecule has 0 aliphatic heterocycles. The van der Waals surface area contributed by atoms with Crippen LogP contribution in [0.1, 0.15) is 40.0 Å². The molecule has 1 unspecified atom stereocenters. The van der Waals surface area contributed by atoms with Gasteiger partial charge in [-0.15, -0.1) is 11.8 Å². The first-order valence-corrected chi connectivity index (χ1v) is 4.20. The summed E-state index contributed by atoms with van der Waals surface area (Å²) in [6.45, 7) is 5.47. The Morgan fingerprint density at radius 1 is 1.58 bits per heavy atom. The van der Waals surface area contributed by atoms with Crippen LogP contribution in [-0.2, 0) is 4.79 Å². The van der Waals surface area contributed by atoms with E-state index in [2.05, 4.69) is 11.8 Å². The van der Waals surface area contributed by atoms with Crippen molar-refractivity contribution in [3.05, 3.63) is 0 Å². The highest BCUT2D eigenvalue weighted by molar-refractivity contribution is 5.74. The van der Waals surface area contributed by atoms with Crippen molar-refractivity contribution in [3.8, 4) is 11.8 Å². The summed E-state index contributed by atoms with van der Waals surface area (Å²) < 4.78 is 0. The molecule has 1 N–H and O–H groups in total. The Balaban J connectivity index is 4.35. The zero-order valence-electron chi connectivity index (χ0n) is 7.98. The van der Waals surface area contributed by atoms with Crippen molar-refractivity contribution >= 4 is 5.97 Å². The lowest BCUT2D eigenvalue weighted by molar-refractivity contribution is -0.148. The van der Waals surface area contributed by atoms with Crippen LogP contribution in [0, 0.1) is 17.3 Å². The molecule has 0 aliphatic rings. The number of carboxylic acid groups (broad SMARTS) is 1. The van der Waals surface area contributed by atoms with Crippen molar-refractivity contribution in [3.63, 3.8) is 0 Å². The summed E-state index contributed by atoms with van der Waals surface area (Å²) >= 11 is 0. The Morgan fingerprint density at radius 3 is 2.50 bits per heavy atom. The number of hydrogen-bond acceptors (Lipinski definition) is 1. The molecule has 0 aromatic heterocycles. The smallest absolute Gasteiger partial charge is 0.310 e. The van der Waals surface area contributed by atoms with E-state index in [4.69, 9.17) is 5.11 Å². The van der Waals surface area contributed by atoms with E-state index in [-0.39, 0.29) is 0 Å². The molecule has 0 amide bonds. The molecular formula is C10H16O2. The SMILES string of the molecule is CC#CCC(C)(CCC)C(=O)O. The summed E-state index contributed by atoms with van der Waals surface area (Å²) in [6.07, 6.45) is 2.03. The molecule has 2 nitrogen and oxygen atoms in total. The van der Waals surface area contributed by atoms with Crippen LogP contribution in [0.15, 0.2) is 0 Å². The normalized spacial score (nSPS) is 14.2. The van der Waals surface area contributed by atoms with Crippen molar-refractivity contribution in [2.75, 3.05) is 0 Å². The van der Waals surface area contributed by atoms with Gasteiger partial charge in [0.15, 0.2) is 0 Å². The van der Waals surface area contributed by atoms with Crippen LogP contribution >= 0.6 is 0 Å². The maximum atomic E-state index is 10.8. The lowest BCUT2D eigenvalue weighted by Crippen LogP contribution is -2.26. The Bertz CT molecular complexity index is 210. The van der Waals surface area contributed by atoms with Crippen molar-refractivity contribution in [2.45, 2.75) is 40.0 Å². The van der Waals surface area contributed by atoms with Gasteiger partial charge >= 0.3 is 5.97 Å². The Kier molecular flexibility index (Phi) is 4.43. The predicted octanol–water partition coefficient (Wildman–Crippen LogP) is 2.29. The summed E-state index contributed by atoms with van der Waals surface area (Å²) in [5.41, 5.74) is -0.655. The predicted molar refractivity (Wildman–Crippen MR) is 48.7 cm³/mol. The zero-order valence-corrected chi connectivity index (χ0v) is 7.98. The maximum Gasteiger partial charge on any atom is 0.310 e. The topological polar surface area (TPSA) is 37.3 Å². The molecule has 2 heteroatoms. The van der Waals surface area contributed by atoms with Crippen LogP contribution in [0.3, 0.4) is 0 Å². The van der Waals surface area contributed by atoms with Crippen molar-refractivity contribution in [1.29, 1.82) is 0 Å². The van der Waals surface area contributed by atoms with E-state index >= 15 is 0 Å². The van der Waals surface area contributed by atoms with Gasteiger partial charge in [-0.2, -0.15) is 0 Å². The van der Waals surface area contributed by atoms with E-state index in [1.807, 2.05) is 6.92 Å². The second-order valence-corrected chi connectivity index (χ2v) is 3.22. The van der Waals surface area contributed by atoms with Gasteiger partial charge in [-0.1, -0.05) is 13.3 Å². The second kappa shape index (κ2) is 4.82. The van der Waals surface area contributed by atoms with Gasteiger partial charge in [-0.05, 0) is 20.3 Å². The largest absolute Gasteiger partial charge is 0.481 e. The van der Waals surface area contributed by atoms with Crippen LogP contribution < -0.4 is 0 Å². The molecule has 12 heavy (non-hydrogen) atoms. The Morgan fingerprint density at radius 2 is 2.17 bits per heavy atom. The van der Waals surface area contributed by atoms with Gasteiger partial charge < -0.3 is 5.11 Å². The molecule has 0 spiro atoms. The standard InChI is InChI=1S/C10H16O2/c1-4-6-8-10(3,7-5-2)9(11)12/h5,7-8H2,1-3H3,(H,11,12). The van der Waals surface area contributed by atoms with Crippen LogP contribution in [-0.4, -0.2) is 11.1 Å². The number of aliphatic carboxylic acids is 1. The van der Waals surface area contributed by atoms with Gasteiger partial charge in [-0.3, -0.25) is 4.79 Å².